The lowest BCUT2D eigenvalue weighted by Gasteiger charge is -2.34. The van der Waals surface area contributed by atoms with Gasteiger partial charge in [0.2, 0.25) is 0 Å². The number of methoxy groups -OCH3 is 2. The summed E-state index contributed by atoms with van der Waals surface area (Å²) in [5, 5.41) is 0. The van der Waals surface area contributed by atoms with E-state index in [-0.39, 0.29) is 12.1 Å². The minimum absolute atomic E-state index is 0.218. The van der Waals surface area contributed by atoms with Crippen LogP contribution in [0.2, 0.25) is 0 Å². The Morgan fingerprint density at radius 3 is 2.89 bits per heavy atom. The lowest BCUT2D eigenvalue weighted by atomic mass is 10.1. The zero-order chi connectivity index (χ0) is 13.8. The van der Waals surface area contributed by atoms with Gasteiger partial charge < -0.3 is 20.1 Å². The molecule has 1 aromatic carbocycles. The third kappa shape index (κ3) is 2.98. The SMILES string of the molecule is COC(=O)c1ccc(N)c(N2CCCC(OC)C2)c1. The van der Waals surface area contributed by atoms with E-state index in [1.54, 1.807) is 25.3 Å². The average molecular weight is 264 g/mol. The topological polar surface area (TPSA) is 64.8 Å². The smallest absolute Gasteiger partial charge is 0.337 e. The molecule has 1 unspecified atom stereocenters. The van der Waals surface area contributed by atoms with Gasteiger partial charge in [0.25, 0.3) is 0 Å². The van der Waals surface area contributed by atoms with Crippen LogP contribution in [0.3, 0.4) is 0 Å². The molecule has 104 valence electrons. The summed E-state index contributed by atoms with van der Waals surface area (Å²) in [5.74, 6) is -0.346. The highest BCUT2D eigenvalue weighted by atomic mass is 16.5. The van der Waals surface area contributed by atoms with Crippen molar-refractivity contribution in [1.82, 2.24) is 0 Å². The van der Waals surface area contributed by atoms with Gasteiger partial charge in [-0.1, -0.05) is 0 Å². The predicted octanol–water partition coefficient (Wildman–Crippen LogP) is 1.67. The first kappa shape index (κ1) is 13.7. The van der Waals surface area contributed by atoms with Gasteiger partial charge in [-0.2, -0.15) is 0 Å². The molecule has 19 heavy (non-hydrogen) atoms. The van der Waals surface area contributed by atoms with Gasteiger partial charge in [0.1, 0.15) is 0 Å². The summed E-state index contributed by atoms with van der Waals surface area (Å²) in [6, 6.07) is 5.22. The fourth-order valence-electron chi connectivity index (χ4n) is 2.41. The molecule has 1 aromatic rings. The number of piperidine rings is 1. The van der Waals surface area contributed by atoms with Gasteiger partial charge in [-0.3, -0.25) is 0 Å². The maximum Gasteiger partial charge on any atom is 0.337 e. The number of rotatable bonds is 3. The second-order valence-electron chi connectivity index (χ2n) is 4.71. The van der Waals surface area contributed by atoms with Crippen molar-refractivity contribution in [2.45, 2.75) is 18.9 Å². The summed E-state index contributed by atoms with van der Waals surface area (Å²) in [4.78, 5) is 13.7. The number of carbonyl (C=O) groups is 1. The fourth-order valence-corrected chi connectivity index (χ4v) is 2.41. The van der Waals surface area contributed by atoms with Gasteiger partial charge in [-0.15, -0.1) is 0 Å². The van der Waals surface area contributed by atoms with Crippen LogP contribution in [-0.2, 0) is 9.47 Å². The zero-order valence-corrected chi connectivity index (χ0v) is 11.4. The molecular formula is C14H20N2O3. The molecule has 5 heteroatoms. The van der Waals surface area contributed by atoms with E-state index < -0.39 is 0 Å². The molecule has 1 atom stereocenters. The third-order valence-corrected chi connectivity index (χ3v) is 3.50. The number of nitrogens with zero attached hydrogens (tertiary/aromatic N) is 1. The first-order chi connectivity index (χ1) is 9.15. The fraction of sp³-hybridized carbons (Fsp3) is 0.500. The number of nitrogens with two attached hydrogens (primary N) is 1. The minimum atomic E-state index is -0.346. The number of carbonyl (C=O) groups excluding carboxylic acids is 1. The Morgan fingerprint density at radius 2 is 2.21 bits per heavy atom. The van der Waals surface area contributed by atoms with Crippen LogP contribution in [-0.4, -0.2) is 39.4 Å². The molecule has 1 heterocycles. The van der Waals surface area contributed by atoms with E-state index in [0.29, 0.717) is 11.3 Å². The summed E-state index contributed by atoms with van der Waals surface area (Å²) in [7, 11) is 3.10. The second kappa shape index (κ2) is 5.93. The molecule has 2 N–H and O–H groups in total. The van der Waals surface area contributed by atoms with Gasteiger partial charge in [0.05, 0.1) is 30.2 Å². The minimum Gasteiger partial charge on any atom is -0.465 e. The van der Waals surface area contributed by atoms with Gasteiger partial charge >= 0.3 is 5.97 Å². The van der Waals surface area contributed by atoms with Gasteiger partial charge in [0, 0.05) is 20.2 Å². The maximum absolute atomic E-state index is 11.6. The van der Waals surface area contributed by atoms with Crippen LogP contribution in [0.15, 0.2) is 18.2 Å². The van der Waals surface area contributed by atoms with Crippen molar-refractivity contribution in [2.75, 3.05) is 37.9 Å². The van der Waals surface area contributed by atoms with Crippen LogP contribution < -0.4 is 10.6 Å². The van der Waals surface area contributed by atoms with E-state index in [4.69, 9.17) is 15.2 Å². The zero-order valence-electron chi connectivity index (χ0n) is 11.4. The maximum atomic E-state index is 11.6. The first-order valence-electron chi connectivity index (χ1n) is 6.41. The molecule has 0 spiro atoms. The largest absolute Gasteiger partial charge is 0.465 e. The molecule has 0 aromatic heterocycles. The van der Waals surface area contributed by atoms with E-state index >= 15 is 0 Å². The highest BCUT2D eigenvalue weighted by Crippen LogP contribution is 2.28. The van der Waals surface area contributed by atoms with Crippen molar-refractivity contribution >= 4 is 17.3 Å². The standard InChI is InChI=1S/C14H20N2O3/c1-18-11-4-3-7-16(9-11)13-8-10(14(17)19-2)5-6-12(13)15/h5-6,8,11H,3-4,7,9,15H2,1-2H3. The number of hydrogen-bond donors (Lipinski definition) is 1. The number of esters is 1. The molecule has 0 aliphatic carbocycles. The van der Waals surface area contributed by atoms with E-state index in [1.807, 2.05) is 0 Å². The number of hydrogen-bond acceptors (Lipinski definition) is 5. The van der Waals surface area contributed by atoms with Crippen LogP contribution in [0.5, 0.6) is 0 Å². The lowest BCUT2D eigenvalue weighted by Crippen LogP contribution is -2.39. The Labute approximate surface area is 113 Å². The molecule has 0 saturated carbocycles. The molecule has 5 nitrogen and oxygen atoms in total. The monoisotopic (exact) mass is 264 g/mol. The summed E-state index contributed by atoms with van der Waals surface area (Å²) in [5.41, 5.74) is 8.08. The van der Waals surface area contributed by atoms with Crippen LogP contribution in [0.25, 0.3) is 0 Å². The van der Waals surface area contributed by atoms with E-state index in [2.05, 4.69) is 4.90 Å². The molecule has 0 bridgehead atoms. The average Bonchev–Trinajstić information content (AvgIpc) is 2.47. The molecule has 1 fully saturated rings. The predicted molar refractivity (Wildman–Crippen MR) is 74.4 cm³/mol. The molecule has 0 radical (unpaired) electrons. The molecule has 2 rings (SSSR count). The summed E-state index contributed by atoms with van der Waals surface area (Å²) >= 11 is 0. The molecule has 1 aliphatic heterocycles. The third-order valence-electron chi connectivity index (χ3n) is 3.50. The van der Waals surface area contributed by atoms with Gasteiger partial charge in [0.15, 0.2) is 0 Å². The Kier molecular flexibility index (Phi) is 4.27. The van der Waals surface area contributed by atoms with Crippen molar-refractivity contribution in [3.8, 4) is 0 Å². The van der Waals surface area contributed by atoms with E-state index in [0.717, 1.165) is 31.6 Å². The Bertz CT molecular complexity index is 462. The quantitative estimate of drug-likeness (QED) is 0.664. The molecule has 1 aliphatic rings. The summed E-state index contributed by atoms with van der Waals surface area (Å²) in [6.45, 7) is 1.72. The molecule has 1 saturated heterocycles. The van der Waals surface area contributed by atoms with Crippen LogP contribution in [0.1, 0.15) is 23.2 Å². The number of anilines is 2. The Balaban J connectivity index is 2.25. The number of ether oxygens (including phenoxy) is 2. The summed E-state index contributed by atoms with van der Waals surface area (Å²) in [6.07, 6.45) is 2.33. The number of benzene rings is 1. The Morgan fingerprint density at radius 1 is 1.42 bits per heavy atom. The first-order valence-corrected chi connectivity index (χ1v) is 6.41. The van der Waals surface area contributed by atoms with Crippen molar-refractivity contribution in [3.63, 3.8) is 0 Å². The number of nitrogen functional groups attached to an aromatic ring is 1. The summed E-state index contributed by atoms with van der Waals surface area (Å²) < 4.78 is 10.1. The van der Waals surface area contributed by atoms with Crippen molar-refractivity contribution in [2.24, 2.45) is 0 Å². The van der Waals surface area contributed by atoms with Gasteiger partial charge in [-0.25, -0.2) is 4.79 Å². The van der Waals surface area contributed by atoms with Crippen molar-refractivity contribution < 1.29 is 14.3 Å². The highest BCUT2D eigenvalue weighted by molar-refractivity contribution is 5.92. The van der Waals surface area contributed by atoms with Crippen LogP contribution in [0, 0.1) is 0 Å². The Hall–Kier alpha value is -1.75. The lowest BCUT2D eigenvalue weighted by molar-refractivity contribution is 0.0601. The molecule has 0 amide bonds. The van der Waals surface area contributed by atoms with Crippen LogP contribution in [0.4, 0.5) is 11.4 Å². The van der Waals surface area contributed by atoms with E-state index in [9.17, 15) is 4.79 Å². The molecular weight excluding hydrogens is 244 g/mol. The van der Waals surface area contributed by atoms with Crippen molar-refractivity contribution in [3.05, 3.63) is 23.8 Å². The van der Waals surface area contributed by atoms with E-state index in [1.165, 1.54) is 7.11 Å². The van der Waals surface area contributed by atoms with Crippen LogP contribution >= 0.6 is 0 Å². The second-order valence-corrected chi connectivity index (χ2v) is 4.71. The van der Waals surface area contributed by atoms with Crippen molar-refractivity contribution in [1.29, 1.82) is 0 Å². The van der Waals surface area contributed by atoms with Gasteiger partial charge in [-0.05, 0) is 31.0 Å². The normalized spacial score (nSPS) is 19.3. The highest BCUT2D eigenvalue weighted by Gasteiger charge is 2.22.